The second-order valence-corrected chi connectivity index (χ2v) is 8.41. The summed E-state index contributed by atoms with van der Waals surface area (Å²) in [7, 11) is -3.96. The van der Waals surface area contributed by atoms with Crippen molar-refractivity contribution in [2.75, 3.05) is 13.2 Å². The van der Waals surface area contributed by atoms with E-state index in [1.165, 1.54) is 56.3 Å². The van der Waals surface area contributed by atoms with Crippen LogP contribution in [0.15, 0.2) is 53.4 Å². The first-order valence-corrected chi connectivity index (χ1v) is 9.85. The number of carbonyl (C=O) groups excluding carboxylic acids is 2. The molecule has 0 bridgehead atoms. The van der Waals surface area contributed by atoms with Crippen LogP contribution in [-0.2, 0) is 19.6 Å². The molecule has 0 aliphatic carbocycles. The van der Waals surface area contributed by atoms with Crippen LogP contribution in [0.1, 0.15) is 24.2 Å². The summed E-state index contributed by atoms with van der Waals surface area (Å²) in [5.74, 6) is -1.58. The van der Waals surface area contributed by atoms with Crippen molar-refractivity contribution in [1.29, 1.82) is 0 Å². The minimum absolute atomic E-state index is 0.0636. The second kappa shape index (κ2) is 7.23. The number of sulfonamides is 1. The molecule has 1 aliphatic heterocycles. The third-order valence-corrected chi connectivity index (χ3v) is 5.96. The highest BCUT2D eigenvalue weighted by Gasteiger charge is 2.41. The molecule has 3 rings (SSSR count). The fourth-order valence-electron chi connectivity index (χ4n) is 2.69. The first-order chi connectivity index (χ1) is 13.1. The number of ether oxygens (including phenoxy) is 2. The lowest BCUT2D eigenvalue weighted by molar-refractivity contribution is -0.159. The van der Waals surface area contributed by atoms with Crippen molar-refractivity contribution in [3.05, 3.63) is 59.9 Å². The van der Waals surface area contributed by atoms with Crippen LogP contribution < -0.4 is 4.74 Å². The lowest BCUT2D eigenvalue weighted by atomic mass is 10.1. The molecule has 0 saturated heterocycles. The van der Waals surface area contributed by atoms with Gasteiger partial charge < -0.3 is 9.47 Å². The zero-order valence-corrected chi connectivity index (χ0v) is 16.0. The molecular weight excluding hydrogens is 389 g/mol. The molecule has 0 atom stereocenters. The van der Waals surface area contributed by atoms with Crippen molar-refractivity contribution in [3.8, 4) is 5.75 Å². The molecule has 0 saturated carbocycles. The van der Waals surface area contributed by atoms with Crippen molar-refractivity contribution in [2.24, 2.45) is 0 Å². The van der Waals surface area contributed by atoms with Gasteiger partial charge in [0.05, 0.1) is 12.1 Å². The summed E-state index contributed by atoms with van der Waals surface area (Å²) in [6.45, 7) is 2.29. The Balaban J connectivity index is 1.61. The van der Waals surface area contributed by atoms with Gasteiger partial charge in [-0.2, -0.15) is 0 Å². The standard InChI is InChI=1S/C19H18FNO6S/c1-19(2,27-14-9-7-13(20)8-10-14)18(23)26-12-11-21-17(22)15-5-3-4-6-16(15)28(21,24)25/h3-10H,11-12H2,1-2H3. The maximum absolute atomic E-state index is 13.0. The van der Waals surface area contributed by atoms with Gasteiger partial charge in [0.25, 0.3) is 15.9 Å². The van der Waals surface area contributed by atoms with Gasteiger partial charge in [0, 0.05) is 0 Å². The number of halogens is 1. The van der Waals surface area contributed by atoms with Gasteiger partial charge in [-0.15, -0.1) is 0 Å². The molecule has 7 nitrogen and oxygen atoms in total. The average molecular weight is 407 g/mol. The number of hydrogen-bond donors (Lipinski definition) is 0. The Labute approximate surface area is 161 Å². The molecule has 0 fully saturated rings. The molecule has 9 heteroatoms. The van der Waals surface area contributed by atoms with Gasteiger partial charge in [-0.05, 0) is 50.2 Å². The molecule has 1 aliphatic rings. The van der Waals surface area contributed by atoms with E-state index in [9.17, 15) is 22.4 Å². The lowest BCUT2D eigenvalue weighted by Crippen LogP contribution is -2.41. The number of nitrogens with zero attached hydrogens (tertiary/aromatic N) is 1. The summed E-state index contributed by atoms with van der Waals surface area (Å²) in [6, 6.07) is 11.0. The number of fused-ring (bicyclic) bond motifs is 1. The zero-order chi connectivity index (χ0) is 20.5. The summed E-state index contributed by atoms with van der Waals surface area (Å²) in [4.78, 5) is 24.5. The molecule has 0 unspecified atom stereocenters. The van der Waals surface area contributed by atoms with Crippen molar-refractivity contribution >= 4 is 21.9 Å². The Hall–Kier alpha value is -2.94. The summed E-state index contributed by atoms with van der Waals surface area (Å²) in [5.41, 5.74) is -1.30. The van der Waals surface area contributed by atoms with E-state index in [-0.39, 0.29) is 29.4 Å². The van der Waals surface area contributed by atoms with Crippen LogP contribution in [0.4, 0.5) is 4.39 Å². The van der Waals surface area contributed by atoms with Crippen LogP contribution in [-0.4, -0.2) is 43.4 Å². The van der Waals surface area contributed by atoms with Crippen molar-refractivity contribution in [1.82, 2.24) is 4.31 Å². The third-order valence-electron chi connectivity index (χ3n) is 4.12. The summed E-state index contributed by atoms with van der Waals surface area (Å²) in [6.07, 6.45) is 0. The summed E-state index contributed by atoms with van der Waals surface area (Å²) in [5, 5.41) is 0. The summed E-state index contributed by atoms with van der Waals surface area (Å²) < 4.78 is 49.1. The zero-order valence-electron chi connectivity index (χ0n) is 15.2. The largest absolute Gasteiger partial charge is 0.476 e. The Morgan fingerprint density at radius 1 is 1.11 bits per heavy atom. The predicted octanol–water partition coefficient (Wildman–Crippen LogP) is 2.37. The Bertz CT molecular complexity index is 1020. The quantitative estimate of drug-likeness (QED) is 0.683. The predicted molar refractivity (Wildman–Crippen MR) is 96.7 cm³/mol. The van der Waals surface area contributed by atoms with Crippen LogP contribution in [0.25, 0.3) is 0 Å². The van der Waals surface area contributed by atoms with Gasteiger partial charge in [0.15, 0.2) is 5.60 Å². The third kappa shape index (κ3) is 3.70. The number of benzene rings is 2. The minimum atomic E-state index is -3.96. The van der Waals surface area contributed by atoms with Crippen molar-refractivity contribution in [3.63, 3.8) is 0 Å². The van der Waals surface area contributed by atoms with Gasteiger partial charge in [-0.3, -0.25) is 4.79 Å². The number of esters is 1. The van der Waals surface area contributed by atoms with E-state index < -0.39 is 33.3 Å². The van der Waals surface area contributed by atoms with E-state index in [1.54, 1.807) is 6.07 Å². The molecule has 0 N–H and O–H groups in total. The van der Waals surface area contributed by atoms with Crippen LogP contribution in [0, 0.1) is 5.82 Å². The molecule has 2 aromatic carbocycles. The molecule has 0 spiro atoms. The maximum Gasteiger partial charge on any atom is 0.349 e. The van der Waals surface area contributed by atoms with E-state index in [4.69, 9.17) is 9.47 Å². The normalized spacial score (nSPS) is 15.2. The Morgan fingerprint density at radius 2 is 1.75 bits per heavy atom. The van der Waals surface area contributed by atoms with E-state index in [0.717, 1.165) is 0 Å². The van der Waals surface area contributed by atoms with E-state index in [2.05, 4.69) is 0 Å². The van der Waals surface area contributed by atoms with Crippen LogP contribution >= 0.6 is 0 Å². The highest BCUT2D eigenvalue weighted by Crippen LogP contribution is 2.29. The van der Waals surface area contributed by atoms with E-state index in [1.807, 2.05) is 0 Å². The molecule has 28 heavy (non-hydrogen) atoms. The van der Waals surface area contributed by atoms with Gasteiger partial charge in [0.1, 0.15) is 23.1 Å². The molecule has 1 amide bonds. The minimum Gasteiger partial charge on any atom is -0.476 e. The van der Waals surface area contributed by atoms with E-state index >= 15 is 0 Å². The number of hydrogen-bond acceptors (Lipinski definition) is 6. The monoisotopic (exact) mass is 407 g/mol. The highest BCUT2D eigenvalue weighted by atomic mass is 32.2. The Morgan fingerprint density at radius 3 is 2.39 bits per heavy atom. The summed E-state index contributed by atoms with van der Waals surface area (Å²) >= 11 is 0. The fourth-order valence-corrected chi connectivity index (χ4v) is 4.24. The van der Waals surface area contributed by atoms with Crippen molar-refractivity contribution in [2.45, 2.75) is 24.3 Å². The van der Waals surface area contributed by atoms with Crippen LogP contribution in [0.2, 0.25) is 0 Å². The Kier molecular flexibility index (Phi) is 5.12. The first-order valence-electron chi connectivity index (χ1n) is 8.41. The molecule has 148 valence electrons. The first kappa shape index (κ1) is 19.8. The fraction of sp³-hybridized carbons (Fsp3) is 0.263. The smallest absolute Gasteiger partial charge is 0.349 e. The molecular formula is C19H18FNO6S. The van der Waals surface area contributed by atoms with Crippen molar-refractivity contribution < 1.29 is 31.9 Å². The number of rotatable bonds is 6. The number of carbonyl (C=O) groups is 2. The van der Waals surface area contributed by atoms with Gasteiger partial charge in [-0.1, -0.05) is 12.1 Å². The molecule has 0 radical (unpaired) electrons. The van der Waals surface area contributed by atoms with Crippen LogP contribution in [0.3, 0.4) is 0 Å². The van der Waals surface area contributed by atoms with E-state index in [0.29, 0.717) is 4.31 Å². The molecule has 1 heterocycles. The molecule has 0 aromatic heterocycles. The lowest BCUT2D eigenvalue weighted by Gasteiger charge is -2.25. The molecule has 2 aromatic rings. The van der Waals surface area contributed by atoms with Gasteiger partial charge in [-0.25, -0.2) is 21.9 Å². The second-order valence-electron chi connectivity index (χ2n) is 6.58. The SMILES string of the molecule is CC(C)(Oc1ccc(F)cc1)C(=O)OCCN1C(=O)c2ccccc2S1(=O)=O. The van der Waals surface area contributed by atoms with Gasteiger partial charge in [0.2, 0.25) is 0 Å². The van der Waals surface area contributed by atoms with Crippen LogP contribution in [0.5, 0.6) is 5.75 Å². The maximum atomic E-state index is 13.0. The topological polar surface area (TPSA) is 90.0 Å². The number of amides is 1. The van der Waals surface area contributed by atoms with Gasteiger partial charge >= 0.3 is 5.97 Å². The average Bonchev–Trinajstić information content (AvgIpc) is 2.84. The highest BCUT2D eigenvalue weighted by molar-refractivity contribution is 7.90.